The predicted molar refractivity (Wildman–Crippen MR) is 107 cm³/mol. The summed E-state index contributed by atoms with van der Waals surface area (Å²) in [5, 5.41) is 3.53. The van der Waals surface area contributed by atoms with Crippen LogP contribution in [0.1, 0.15) is 6.92 Å². The summed E-state index contributed by atoms with van der Waals surface area (Å²) in [5.41, 5.74) is 2.92. The van der Waals surface area contributed by atoms with Gasteiger partial charge in [0.2, 0.25) is 5.91 Å². The van der Waals surface area contributed by atoms with Crippen molar-refractivity contribution in [3.05, 3.63) is 83.9 Å². The summed E-state index contributed by atoms with van der Waals surface area (Å²) < 4.78 is 0. The first-order valence-corrected chi connectivity index (χ1v) is 9.27. The van der Waals surface area contributed by atoms with E-state index in [1.165, 1.54) is 11.8 Å². The summed E-state index contributed by atoms with van der Waals surface area (Å²) in [7, 11) is 0. The van der Waals surface area contributed by atoms with E-state index in [1.54, 1.807) is 0 Å². The minimum atomic E-state index is -0.218. The molecule has 0 spiro atoms. The van der Waals surface area contributed by atoms with Gasteiger partial charge < -0.3 is 5.32 Å². The smallest absolute Gasteiger partial charge is 0.237 e. The number of hydrogen-bond donors (Lipinski definition) is 1. The maximum Gasteiger partial charge on any atom is 0.237 e. The van der Waals surface area contributed by atoms with Crippen molar-refractivity contribution in [1.82, 2.24) is 0 Å². The molecule has 1 N–H and O–H groups in total. The molecule has 0 bridgehead atoms. The Morgan fingerprint density at radius 2 is 1.56 bits per heavy atom. The van der Waals surface area contributed by atoms with Crippen molar-refractivity contribution >= 4 is 35.0 Å². The number of halogens is 1. The lowest BCUT2D eigenvalue weighted by Crippen LogP contribution is -2.22. The molecule has 126 valence electrons. The normalized spacial score (nSPS) is 11.8. The summed E-state index contributed by atoms with van der Waals surface area (Å²) in [5.74, 6) is -0.0247. The van der Waals surface area contributed by atoms with Gasteiger partial charge in [-0.1, -0.05) is 60.1 Å². The minimum Gasteiger partial charge on any atom is -0.325 e. The minimum absolute atomic E-state index is 0.0247. The first kappa shape index (κ1) is 17.6. The largest absolute Gasteiger partial charge is 0.325 e. The van der Waals surface area contributed by atoms with E-state index in [4.69, 9.17) is 11.6 Å². The van der Waals surface area contributed by atoms with E-state index in [0.29, 0.717) is 5.02 Å². The maximum atomic E-state index is 12.6. The molecule has 0 aliphatic heterocycles. The third-order valence-corrected chi connectivity index (χ3v) is 5.13. The van der Waals surface area contributed by atoms with Crippen molar-refractivity contribution in [3.63, 3.8) is 0 Å². The van der Waals surface area contributed by atoms with Crippen LogP contribution in [-0.2, 0) is 4.79 Å². The lowest BCUT2D eigenvalue weighted by Gasteiger charge is -2.15. The number of benzene rings is 3. The summed E-state index contributed by atoms with van der Waals surface area (Å²) in [6, 6.07) is 25.4. The number of hydrogen-bond acceptors (Lipinski definition) is 2. The van der Waals surface area contributed by atoms with Gasteiger partial charge in [-0.3, -0.25) is 4.79 Å². The molecule has 3 aromatic carbocycles. The van der Waals surface area contributed by atoms with Crippen LogP contribution >= 0.6 is 23.4 Å². The van der Waals surface area contributed by atoms with Gasteiger partial charge in [-0.15, -0.1) is 11.8 Å². The van der Waals surface area contributed by atoms with Gasteiger partial charge in [0.05, 0.1) is 5.25 Å². The number of thioether (sulfide) groups is 1. The molecule has 4 heteroatoms. The van der Waals surface area contributed by atoms with Crippen LogP contribution in [0.3, 0.4) is 0 Å². The number of para-hydroxylation sites is 1. The van der Waals surface area contributed by atoms with E-state index in [-0.39, 0.29) is 11.2 Å². The van der Waals surface area contributed by atoms with E-state index >= 15 is 0 Å². The average molecular weight is 368 g/mol. The number of amides is 1. The third-order valence-electron chi connectivity index (χ3n) is 3.77. The molecule has 0 aliphatic carbocycles. The van der Waals surface area contributed by atoms with Gasteiger partial charge in [-0.2, -0.15) is 0 Å². The zero-order valence-corrected chi connectivity index (χ0v) is 15.3. The van der Waals surface area contributed by atoms with Crippen LogP contribution in [0.25, 0.3) is 11.1 Å². The van der Waals surface area contributed by atoms with Gasteiger partial charge in [0.15, 0.2) is 0 Å². The second-order valence-electron chi connectivity index (χ2n) is 5.61. The van der Waals surface area contributed by atoms with Crippen LogP contribution in [0.5, 0.6) is 0 Å². The Morgan fingerprint density at radius 1 is 0.920 bits per heavy atom. The lowest BCUT2D eigenvalue weighted by molar-refractivity contribution is -0.115. The van der Waals surface area contributed by atoms with Crippen molar-refractivity contribution in [3.8, 4) is 11.1 Å². The Hall–Kier alpha value is -2.23. The molecule has 0 aromatic heterocycles. The molecule has 2 nitrogen and oxygen atoms in total. The van der Waals surface area contributed by atoms with Crippen LogP contribution in [-0.4, -0.2) is 11.2 Å². The molecule has 0 saturated heterocycles. The number of anilines is 1. The Labute approximate surface area is 157 Å². The van der Waals surface area contributed by atoms with Crippen LogP contribution < -0.4 is 5.32 Å². The molecule has 3 aromatic rings. The topological polar surface area (TPSA) is 29.1 Å². The number of nitrogens with one attached hydrogen (secondary N) is 1. The Balaban J connectivity index is 1.74. The highest BCUT2D eigenvalue weighted by atomic mass is 35.5. The van der Waals surface area contributed by atoms with Gasteiger partial charge >= 0.3 is 0 Å². The fraction of sp³-hybridized carbons (Fsp3) is 0.0952. The second-order valence-corrected chi connectivity index (χ2v) is 7.47. The van der Waals surface area contributed by atoms with E-state index in [2.05, 4.69) is 5.32 Å². The highest BCUT2D eigenvalue weighted by Gasteiger charge is 2.16. The quantitative estimate of drug-likeness (QED) is 0.550. The van der Waals surface area contributed by atoms with Crippen molar-refractivity contribution in [2.45, 2.75) is 17.1 Å². The summed E-state index contributed by atoms with van der Waals surface area (Å²) >= 11 is 7.42. The Morgan fingerprint density at radius 3 is 2.28 bits per heavy atom. The Kier molecular flexibility index (Phi) is 5.79. The standard InChI is InChI=1S/C21H18ClNOS/c1-15(25-18-13-11-17(22)12-14-18)21(24)23-20-10-6-5-9-19(20)16-7-3-2-4-8-16/h2-15H,1H3,(H,23,24)/t15-/m0/s1. The maximum absolute atomic E-state index is 12.6. The molecule has 0 unspecified atom stereocenters. The molecule has 0 fully saturated rings. The zero-order chi connectivity index (χ0) is 17.6. The average Bonchev–Trinajstić information content (AvgIpc) is 2.64. The number of carbonyl (C=O) groups is 1. The first-order valence-electron chi connectivity index (χ1n) is 8.01. The van der Waals surface area contributed by atoms with Gasteiger partial charge in [-0.25, -0.2) is 0 Å². The van der Waals surface area contributed by atoms with E-state index in [9.17, 15) is 4.79 Å². The van der Waals surface area contributed by atoms with Gasteiger partial charge in [0, 0.05) is 21.2 Å². The molecule has 3 rings (SSSR count). The number of rotatable bonds is 5. The summed E-state index contributed by atoms with van der Waals surface area (Å²) in [6.07, 6.45) is 0. The molecule has 0 radical (unpaired) electrons. The SMILES string of the molecule is C[C@H](Sc1ccc(Cl)cc1)C(=O)Nc1ccccc1-c1ccccc1. The number of carbonyl (C=O) groups excluding carboxylic acids is 1. The Bertz CT molecular complexity index is 849. The molecule has 0 heterocycles. The van der Waals surface area contributed by atoms with Crippen LogP contribution in [0.15, 0.2) is 83.8 Å². The monoisotopic (exact) mass is 367 g/mol. The van der Waals surface area contributed by atoms with E-state index in [1.807, 2.05) is 85.8 Å². The molecule has 0 aliphatic rings. The third kappa shape index (κ3) is 4.65. The van der Waals surface area contributed by atoms with Gasteiger partial charge in [0.25, 0.3) is 0 Å². The predicted octanol–water partition coefficient (Wildman–Crippen LogP) is 6.13. The van der Waals surface area contributed by atoms with Gasteiger partial charge in [-0.05, 0) is 42.8 Å². The van der Waals surface area contributed by atoms with Crippen LogP contribution in [0, 0.1) is 0 Å². The lowest BCUT2D eigenvalue weighted by atomic mass is 10.0. The zero-order valence-electron chi connectivity index (χ0n) is 13.8. The summed E-state index contributed by atoms with van der Waals surface area (Å²) in [6.45, 7) is 1.90. The molecular weight excluding hydrogens is 350 g/mol. The van der Waals surface area contributed by atoms with Crippen LogP contribution in [0.4, 0.5) is 5.69 Å². The fourth-order valence-corrected chi connectivity index (χ4v) is 3.46. The second kappa shape index (κ2) is 8.24. The van der Waals surface area contributed by atoms with Crippen molar-refractivity contribution in [1.29, 1.82) is 0 Å². The fourth-order valence-electron chi connectivity index (χ4n) is 2.47. The van der Waals surface area contributed by atoms with Crippen molar-refractivity contribution in [2.24, 2.45) is 0 Å². The molecule has 0 saturated carbocycles. The first-order chi connectivity index (χ1) is 12.1. The van der Waals surface area contributed by atoms with E-state index < -0.39 is 0 Å². The molecular formula is C21H18ClNOS. The summed E-state index contributed by atoms with van der Waals surface area (Å²) in [4.78, 5) is 13.6. The molecule has 1 amide bonds. The van der Waals surface area contributed by atoms with Crippen LogP contribution in [0.2, 0.25) is 5.02 Å². The molecule has 1 atom stereocenters. The van der Waals surface area contributed by atoms with E-state index in [0.717, 1.165) is 21.7 Å². The molecule has 25 heavy (non-hydrogen) atoms. The highest BCUT2D eigenvalue weighted by Crippen LogP contribution is 2.29. The van der Waals surface area contributed by atoms with Crippen molar-refractivity contribution in [2.75, 3.05) is 5.32 Å². The highest BCUT2D eigenvalue weighted by molar-refractivity contribution is 8.00. The van der Waals surface area contributed by atoms with Crippen molar-refractivity contribution < 1.29 is 4.79 Å². The van der Waals surface area contributed by atoms with Gasteiger partial charge in [0.1, 0.15) is 0 Å².